The predicted octanol–water partition coefficient (Wildman–Crippen LogP) is 2.30. The van der Waals surface area contributed by atoms with Crippen molar-refractivity contribution in [1.29, 1.82) is 5.26 Å². The first-order valence-corrected chi connectivity index (χ1v) is 15.6. The zero-order valence-electron chi connectivity index (χ0n) is 23.4. The average Bonchev–Trinajstić information content (AvgIpc) is 3.42. The number of hydrogen-bond acceptors (Lipinski definition) is 9. The maximum absolute atomic E-state index is 13.9. The summed E-state index contributed by atoms with van der Waals surface area (Å²) in [6.07, 6.45) is -1.53. The van der Waals surface area contributed by atoms with Crippen molar-refractivity contribution in [1.82, 2.24) is 25.0 Å². The number of nitrogens with zero attached hydrogens (tertiary/aromatic N) is 4. The van der Waals surface area contributed by atoms with Crippen LogP contribution in [-0.4, -0.2) is 78.5 Å². The molecule has 3 N–H and O–H groups in total. The molecular formula is C28H36N6O5S2. The van der Waals surface area contributed by atoms with Crippen LogP contribution in [-0.2, 0) is 26.0 Å². The molecule has 3 rings (SSSR count). The van der Waals surface area contributed by atoms with Gasteiger partial charge in [-0.15, -0.1) is 11.3 Å². The first-order chi connectivity index (χ1) is 19.6. The summed E-state index contributed by atoms with van der Waals surface area (Å²) in [4.78, 5) is 30.1. The van der Waals surface area contributed by atoms with E-state index in [1.165, 1.54) is 21.7 Å². The maximum Gasteiger partial charge on any atom is 0.252 e. The number of nitrogens with one attached hydrogen (secondary N) is 2. The molecule has 0 saturated heterocycles. The molecule has 1 unspecified atom stereocenters. The molecule has 13 heteroatoms. The lowest BCUT2D eigenvalue weighted by Crippen LogP contribution is -2.60. The van der Waals surface area contributed by atoms with Crippen LogP contribution in [0.5, 0.6) is 0 Å². The third-order valence-electron chi connectivity index (χ3n) is 6.27. The van der Waals surface area contributed by atoms with E-state index in [-0.39, 0.29) is 49.7 Å². The smallest absolute Gasteiger partial charge is 0.252 e. The summed E-state index contributed by atoms with van der Waals surface area (Å²) in [6, 6.07) is 14.7. The van der Waals surface area contributed by atoms with Crippen molar-refractivity contribution in [3.63, 3.8) is 0 Å². The summed E-state index contributed by atoms with van der Waals surface area (Å²) in [7, 11) is -2.47. The third-order valence-corrected chi connectivity index (χ3v) is 8.88. The standard InChI is InChI=1S/C28H36N6O5S2/c1-20(2)17-33(41(38,39)22-11-12-23-26(15-22)40-19-31-23)18-25(35)24(14-21-8-5-4-6-9-21)34(28(37)10-7-13-29)32-27(36)16-30-3/h4-6,8-9,11-12,15,19-20,24-25,30,35H,7,10,14,16-18H2,1-3H3,(H,32,36)/t24?,25-/m1/s1. The number of likely N-dealkylation sites (N-methyl/N-ethyl adjacent to an activating group) is 1. The Balaban J connectivity index is 2.00. The SMILES string of the molecule is CNCC(=O)NN(C(=O)CCC#N)C(Cc1ccccc1)[C@H](O)CN(CC(C)C)S(=O)(=O)c1ccc2ncsc2c1. The van der Waals surface area contributed by atoms with Gasteiger partial charge in [0.05, 0.1) is 45.4 Å². The van der Waals surface area contributed by atoms with E-state index in [0.29, 0.717) is 5.52 Å². The summed E-state index contributed by atoms with van der Waals surface area (Å²) >= 11 is 1.33. The average molecular weight is 601 g/mol. The molecule has 2 amide bonds. The number of nitriles is 1. The van der Waals surface area contributed by atoms with E-state index in [2.05, 4.69) is 15.7 Å². The molecule has 0 spiro atoms. The van der Waals surface area contributed by atoms with Crippen LogP contribution in [0.3, 0.4) is 0 Å². The molecule has 0 radical (unpaired) electrons. The molecule has 0 bridgehead atoms. The van der Waals surface area contributed by atoms with Gasteiger partial charge < -0.3 is 10.4 Å². The van der Waals surface area contributed by atoms with Crippen molar-refractivity contribution in [2.75, 3.05) is 26.7 Å². The van der Waals surface area contributed by atoms with Gasteiger partial charge in [0, 0.05) is 25.9 Å². The fourth-order valence-electron chi connectivity index (χ4n) is 4.36. The van der Waals surface area contributed by atoms with E-state index >= 15 is 0 Å². The van der Waals surface area contributed by atoms with E-state index in [1.54, 1.807) is 24.7 Å². The number of hydrogen-bond donors (Lipinski definition) is 3. The molecule has 0 aliphatic carbocycles. The number of aromatic nitrogens is 1. The van der Waals surface area contributed by atoms with Gasteiger partial charge in [-0.25, -0.2) is 18.4 Å². The second-order valence-electron chi connectivity index (χ2n) is 10.0. The molecule has 0 aliphatic rings. The quantitative estimate of drug-likeness (QED) is 0.238. The van der Waals surface area contributed by atoms with Crippen LogP contribution in [0.4, 0.5) is 0 Å². The van der Waals surface area contributed by atoms with Gasteiger partial charge in [-0.3, -0.25) is 15.0 Å². The third kappa shape index (κ3) is 8.79. The van der Waals surface area contributed by atoms with E-state index in [4.69, 9.17) is 5.26 Å². The number of thiazole rings is 1. The monoisotopic (exact) mass is 600 g/mol. The van der Waals surface area contributed by atoms with Gasteiger partial charge in [0.2, 0.25) is 15.9 Å². The molecule has 1 aromatic heterocycles. The first-order valence-electron chi connectivity index (χ1n) is 13.2. The number of amides is 2. The van der Waals surface area contributed by atoms with Crippen LogP contribution < -0.4 is 10.7 Å². The van der Waals surface area contributed by atoms with Crippen LogP contribution in [0.2, 0.25) is 0 Å². The minimum absolute atomic E-state index is 0.0691. The van der Waals surface area contributed by atoms with Gasteiger partial charge in [-0.05, 0) is 43.1 Å². The lowest BCUT2D eigenvalue weighted by Gasteiger charge is -2.37. The van der Waals surface area contributed by atoms with Crippen LogP contribution >= 0.6 is 11.3 Å². The molecule has 2 atom stereocenters. The fourth-order valence-corrected chi connectivity index (χ4v) is 6.80. The molecular weight excluding hydrogens is 564 g/mol. The number of carbonyl (C=O) groups excluding carboxylic acids is 2. The second kappa shape index (κ2) is 15.0. The first kappa shape index (κ1) is 32.1. The van der Waals surface area contributed by atoms with Gasteiger partial charge >= 0.3 is 0 Å². The lowest BCUT2D eigenvalue weighted by molar-refractivity contribution is -0.147. The lowest BCUT2D eigenvalue weighted by atomic mass is 9.99. The Bertz CT molecular complexity index is 1460. The zero-order chi connectivity index (χ0) is 30.0. The minimum atomic E-state index is -4.05. The topological polar surface area (TPSA) is 156 Å². The van der Waals surface area contributed by atoms with Crippen molar-refractivity contribution in [2.24, 2.45) is 5.92 Å². The van der Waals surface area contributed by atoms with Crippen LogP contribution in [0, 0.1) is 17.2 Å². The largest absolute Gasteiger partial charge is 0.390 e. The van der Waals surface area contributed by atoms with Crippen molar-refractivity contribution in [3.05, 3.63) is 59.6 Å². The number of benzene rings is 2. The highest BCUT2D eigenvalue weighted by atomic mass is 32.2. The van der Waals surface area contributed by atoms with Crippen LogP contribution in [0.25, 0.3) is 10.2 Å². The number of sulfonamides is 1. The number of aliphatic hydroxyl groups is 1. The molecule has 0 fully saturated rings. The normalized spacial score (nSPS) is 13.2. The van der Waals surface area contributed by atoms with E-state index < -0.39 is 34.0 Å². The van der Waals surface area contributed by atoms with E-state index in [0.717, 1.165) is 15.3 Å². The van der Waals surface area contributed by atoms with E-state index in [9.17, 15) is 23.1 Å². The number of fused-ring (bicyclic) bond motifs is 1. The van der Waals surface area contributed by atoms with Gasteiger partial charge in [-0.2, -0.15) is 9.57 Å². The van der Waals surface area contributed by atoms with Crippen molar-refractivity contribution >= 4 is 43.4 Å². The van der Waals surface area contributed by atoms with E-state index in [1.807, 2.05) is 50.2 Å². The number of carbonyl (C=O) groups is 2. The maximum atomic E-state index is 13.9. The van der Waals surface area contributed by atoms with Crippen LogP contribution in [0.1, 0.15) is 32.3 Å². The number of aliphatic hydroxyl groups excluding tert-OH is 1. The summed E-state index contributed by atoms with van der Waals surface area (Å²) < 4.78 is 29.7. The molecule has 0 aliphatic heterocycles. The summed E-state index contributed by atoms with van der Waals surface area (Å²) in [5.74, 6) is -1.15. The molecule has 220 valence electrons. The Hall–Kier alpha value is -3.41. The summed E-state index contributed by atoms with van der Waals surface area (Å²) in [5.41, 5.74) is 5.67. The number of hydrazine groups is 1. The molecule has 11 nitrogen and oxygen atoms in total. The van der Waals surface area contributed by atoms with Gasteiger partial charge in [0.25, 0.3) is 5.91 Å². The summed E-state index contributed by atoms with van der Waals surface area (Å²) in [5, 5.41) is 24.5. The Labute approximate surface area is 244 Å². The molecule has 41 heavy (non-hydrogen) atoms. The van der Waals surface area contributed by atoms with Gasteiger partial charge in [0.1, 0.15) is 0 Å². The van der Waals surface area contributed by atoms with Crippen molar-refractivity contribution in [2.45, 2.75) is 50.2 Å². The Morgan fingerprint density at radius 3 is 2.54 bits per heavy atom. The highest BCUT2D eigenvalue weighted by molar-refractivity contribution is 7.89. The second-order valence-corrected chi connectivity index (χ2v) is 12.8. The van der Waals surface area contributed by atoms with Crippen LogP contribution in [0.15, 0.2) is 58.9 Å². The Kier molecular flexibility index (Phi) is 11.7. The molecule has 2 aromatic carbocycles. The predicted molar refractivity (Wildman–Crippen MR) is 157 cm³/mol. The van der Waals surface area contributed by atoms with Crippen molar-refractivity contribution < 1.29 is 23.1 Å². The fraction of sp³-hybridized carbons (Fsp3) is 0.429. The zero-order valence-corrected chi connectivity index (χ0v) is 25.0. The Morgan fingerprint density at radius 2 is 1.88 bits per heavy atom. The van der Waals surface area contributed by atoms with Gasteiger partial charge in [-0.1, -0.05) is 44.2 Å². The van der Waals surface area contributed by atoms with Gasteiger partial charge in [0.15, 0.2) is 0 Å². The highest BCUT2D eigenvalue weighted by Crippen LogP contribution is 2.25. The Morgan fingerprint density at radius 1 is 1.15 bits per heavy atom. The van der Waals surface area contributed by atoms with Crippen molar-refractivity contribution in [3.8, 4) is 6.07 Å². The summed E-state index contributed by atoms with van der Waals surface area (Å²) in [6.45, 7) is 3.44. The minimum Gasteiger partial charge on any atom is -0.390 e. The number of rotatable bonds is 14. The molecule has 3 aromatic rings. The molecule has 0 saturated carbocycles. The molecule has 1 heterocycles. The highest BCUT2D eigenvalue weighted by Gasteiger charge is 2.36.